The molecule has 0 amide bonds. The summed E-state index contributed by atoms with van der Waals surface area (Å²) in [4.78, 5) is 4.94. The number of anilines is 2. The highest BCUT2D eigenvalue weighted by Gasteiger charge is 2.15. The molecule has 118 valence electrons. The Morgan fingerprint density at radius 2 is 1.76 bits per heavy atom. The van der Waals surface area contributed by atoms with Crippen LogP contribution in [0, 0.1) is 0 Å². The molecule has 1 saturated heterocycles. The smallest absolute Gasteiger partial charge is 0.0367 e. The highest BCUT2D eigenvalue weighted by atomic mass is 15.1. The maximum absolute atomic E-state index is 3.72. The van der Waals surface area contributed by atoms with Crippen molar-refractivity contribution in [3.63, 3.8) is 0 Å². The standard InChI is InChI=1S/C18H31N3/c1-4-20-14-7-8-16(13-15-20)19-17-9-11-18(12-10-17)21(5-2)6-3/h9-12,16,19H,4-8,13-15H2,1-3H3. The molecule has 0 aromatic heterocycles. The van der Waals surface area contributed by atoms with Gasteiger partial charge in [-0.2, -0.15) is 0 Å². The molecule has 3 heteroatoms. The van der Waals surface area contributed by atoms with Crippen molar-refractivity contribution in [1.29, 1.82) is 0 Å². The zero-order valence-corrected chi connectivity index (χ0v) is 13.9. The molecule has 2 rings (SSSR count). The first kappa shape index (κ1) is 16.2. The predicted molar refractivity (Wildman–Crippen MR) is 93.4 cm³/mol. The van der Waals surface area contributed by atoms with Gasteiger partial charge in [0.25, 0.3) is 0 Å². The molecule has 0 bridgehead atoms. The van der Waals surface area contributed by atoms with Crippen molar-refractivity contribution in [2.45, 2.75) is 46.1 Å². The quantitative estimate of drug-likeness (QED) is 0.859. The molecular formula is C18H31N3. The van der Waals surface area contributed by atoms with Crippen molar-refractivity contribution >= 4 is 11.4 Å². The number of nitrogens with zero attached hydrogens (tertiary/aromatic N) is 2. The minimum absolute atomic E-state index is 0.626. The second kappa shape index (κ2) is 8.28. The van der Waals surface area contributed by atoms with Gasteiger partial charge in [0, 0.05) is 37.1 Å². The summed E-state index contributed by atoms with van der Waals surface area (Å²) in [5.41, 5.74) is 2.59. The van der Waals surface area contributed by atoms with Crippen molar-refractivity contribution < 1.29 is 0 Å². The number of rotatable bonds is 6. The number of nitrogens with one attached hydrogen (secondary N) is 1. The van der Waals surface area contributed by atoms with E-state index in [1.807, 2.05) is 0 Å². The fourth-order valence-electron chi connectivity index (χ4n) is 3.21. The Labute approximate surface area is 130 Å². The lowest BCUT2D eigenvalue weighted by molar-refractivity contribution is 0.300. The minimum atomic E-state index is 0.626. The molecule has 1 N–H and O–H groups in total. The van der Waals surface area contributed by atoms with Gasteiger partial charge >= 0.3 is 0 Å². The maximum atomic E-state index is 3.72. The summed E-state index contributed by atoms with van der Waals surface area (Å²) in [7, 11) is 0. The van der Waals surface area contributed by atoms with Crippen LogP contribution in [0.2, 0.25) is 0 Å². The Balaban J connectivity index is 1.91. The molecule has 1 aromatic carbocycles. The van der Waals surface area contributed by atoms with Crippen LogP contribution < -0.4 is 10.2 Å². The van der Waals surface area contributed by atoms with Crippen LogP contribution >= 0.6 is 0 Å². The monoisotopic (exact) mass is 289 g/mol. The third kappa shape index (κ3) is 4.63. The molecule has 1 aromatic rings. The van der Waals surface area contributed by atoms with Gasteiger partial charge in [-0.3, -0.25) is 0 Å². The lowest BCUT2D eigenvalue weighted by atomic mass is 10.1. The molecule has 3 nitrogen and oxygen atoms in total. The van der Waals surface area contributed by atoms with Crippen LogP contribution in [-0.2, 0) is 0 Å². The van der Waals surface area contributed by atoms with Gasteiger partial charge in [-0.1, -0.05) is 6.92 Å². The van der Waals surface area contributed by atoms with E-state index in [0.717, 1.165) is 13.1 Å². The van der Waals surface area contributed by atoms with Crippen molar-refractivity contribution in [2.24, 2.45) is 0 Å². The summed E-state index contributed by atoms with van der Waals surface area (Å²) in [5, 5.41) is 3.72. The van der Waals surface area contributed by atoms with Crippen LogP contribution in [0.1, 0.15) is 40.0 Å². The molecule has 0 radical (unpaired) electrons. The zero-order valence-electron chi connectivity index (χ0n) is 13.9. The Kier molecular flexibility index (Phi) is 6.37. The average molecular weight is 289 g/mol. The second-order valence-corrected chi connectivity index (χ2v) is 5.93. The van der Waals surface area contributed by atoms with Crippen molar-refractivity contribution in [3.05, 3.63) is 24.3 Å². The molecule has 1 heterocycles. The summed E-state index contributed by atoms with van der Waals surface area (Å²) in [6.07, 6.45) is 3.85. The molecule has 21 heavy (non-hydrogen) atoms. The van der Waals surface area contributed by atoms with Crippen molar-refractivity contribution in [1.82, 2.24) is 4.90 Å². The van der Waals surface area contributed by atoms with Gasteiger partial charge in [0.05, 0.1) is 0 Å². The Morgan fingerprint density at radius 3 is 2.38 bits per heavy atom. The molecule has 0 saturated carbocycles. The highest BCUT2D eigenvalue weighted by molar-refractivity contribution is 5.55. The van der Waals surface area contributed by atoms with E-state index in [0.29, 0.717) is 6.04 Å². The van der Waals surface area contributed by atoms with Crippen molar-refractivity contribution in [3.8, 4) is 0 Å². The van der Waals surface area contributed by atoms with E-state index in [2.05, 4.69) is 60.2 Å². The number of likely N-dealkylation sites (tertiary alicyclic amines) is 1. The first-order chi connectivity index (χ1) is 10.3. The Bertz CT molecular complexity index is 397. The maximum Gasteiger partial charge on any atom is 0.0367 e. The first-order valence-electron chi connectivity index (χ1n) is 8.60. The van der Waals surface area contributed by atoms with Crippen LogP contribution in [0.25, 0.3) is 0 Å². The fraction of sp³-hybridized carbons (Fsp3) is 0.667. The number of benzene rings is 1. The first-order valence-corrected chi connectivity index (χ1v) is 8.60. The van der Waals surface area contributed by atoms with Gasteiger partial charge in [0.2, 0.25) is 0 Å². The van der Waals surface area contributed by atoms with Gasteiger partial charge in [0.15, 0.2) is 0 Å². The molecule has 1 unspecified atom stereocenters. The number of hydrogen-bond acceptors (Lipinski definition) is 3. The molecule has 1 atom stereocenters. The summed E-state index contributed by atoms with van der Waals surface area (Å²) in [5.74, 6) is 0. The SMILES string of the molecule is CCN1CCCC(Nc2ccc(N(CC)CC)cc2)CC1. The van der Waals surface area contributed by atoms with E-state index in [4.69, 9.17) is 0 Å². The summed E-state index contributed by atoms with van der Waals surface area (Å²) >= 11 is 0. The lowest BCUT2D eigenvalue weighted by Crippen LogP contribution is -2.26. The average Bonchev–Trinajstić information content (AvgIpc) is 2.75. The van der Waals surface area contributed by atoms with Crippen LogP contribution in [0.3, 0.4) is 0 Å². The Morgan fingerprint density at radius 1 is 1.05 bits per heavy atom. The van der Waals surface area contributed by atoms with Gasteiger partial charge in [0.1, 0.15) is 0 Å². The third-order valence-corrected chi connectivity index (χ3v) is 4.63. The molecule has 1 fully saturated rings. The third-order valence-electron chi connectivity index (χ3n) is 4.63. The second-order valence-electron chi connectivity index (χ2n) is 5.93. The normalized spacial score (nSPS) is 20.0. The zero-order chi connectivity index (χ0) is 15.1. The van der Waals surface area contributed by atoms with Crippen LogP contribution in [0.4, 0.5) is 11.4 Å². The van der Waals surface area contributed by atoms with Crippen LogP contribution in [0.5, 0.6) is 0 Å². The number of hydrogen-bond donors (Lipinski definition) is 1. The van der Waals surface area contributed by atoms with Crippen LogP contribution in [0.15, 0.2) is 24.3 Å². The van der Waals surface area contributed by atoms with Gasteiger partial charge < -0.3 is 15.1 Å². The summed E-state index contributed by atoms with van der Waals surface area (Å²) in [6, 6.07) is 9.57. The Hall–Kier alpha value is -1.22. The van der Waals surface area contributed by atoms with E-state index >= 15 is 0 Å². The highest BCUT2D eigenvalue weighted by Crippen LogP contribution is 2.21. The van der Waals surface area contributed by atoms with E-state index in [9.17, 15) is 0 Å². The molecule has 0 spiro atoms. The minimum Gasteiger partial charge on any atom is -0.382 e. The lowest BCUT2D eigenvalue weighted by Gasteiger charge is -2.22. The topological polar surface area (TPSA) is 18.5 Å². The molecule has 1 aliphatic rings. The summed E-state index contributed by atoms with van der Waals surface area (Å²) < 4.78 is 0. The van der Waals surface area contributed by atoms with E-state index in [1.54, 1.807) is 0 Å². The predicted octanol–water partition coefficient (Wildman–Crippen LogP) is 3.82. The van der Waals surface area contributed by atoms with Crippen LogP contribution in [-0.4, -0.2) is 43.7 Å². The fourth-order valence-corrected chi connectivity index (χ4v) is 3.21. The molecule has 1 aliphatic heterocycles. The van der Waals surface area contributed by atoms with Gasteiger partial charge in [-0.05, 0) is 70.5 Å². The molecular weight excluding hydrogens is 258 g/mol. The van der Waals surface area contributed by atoms with Crippen molar-refractivity contribution in [2.75, 3.05) is 42.9 Å². The largest absolute Gasteiger partial charge is 0.382 e. The van der Waals surface area contributed by atoms with Gasteiger partial charge in [-0.15, -0.1) is 0 Å². The van der Waals surface area contributed by atoms with Gasteiger partial charge in [-0.25, -0.2) is 0 Å². The summed E-state index contributed by atoms with van der Waals surface area (Å²) in [6.45, 7) is 12.5. The van der Waals surface area contributed by atoms with E-state index in [-0.39, 0.29) is 0 Å². The van der Waals surface area contributed by atoms with E-state index in [1.165, 1.54) is 50.3 Å². The molecule has 0 aliphatic carbocycles. The van der Waals surface area contributed by atoms with E-state index < -0.39 is 0 Å².